The molecule has 1 aliphatic heterocycles. The molecule has 1 rings (SSSR count). The van der Waals surface area contributed by atoms with Crippen LogP contribution in [-0.2, 0) is 33.3 Å². The highest BCUT2D eigenvalue weighted by Gasteiger charge is 2.57. The van der Waals surface area contributed by atoms with Crippen LogP contribution in [0.5, 0.6) is 0 Å². The van der Waals surface area contributed by atoms with E-state index < -0.39 is 35.2 Å². The largest absolute Gasteiger partial charge is 0.460 e. The Morgan fingerprint density at radius 1 is 1.19 bits per heavy atom. The molecule has 21 heavy (non-hydrogen) atoms. The van der Waals surface area contributed by atoms with Gasteiger partial charge >= 0.3 is 11.9 Å². The van der Waals surface area contributed by atoms with E-state index >= 15 is 0 Å². The van der Waals surface area contributed by atoms with E-state index in [1.807, 2.05) is 0 Å². The molecule has 0 aromatic rings. The maximum atomic E-state index is 12.0. The van der Waals surface area contributed by atoms with Gasteiger partial charge < -0.3 is 23.7 Å². The van der Waals surface area contributed by atoms with Crippen LogP contribution in [-0.4, -0.2) is 49.4 Å². The summed E-state index contributed by atoms with van der Waals surface area (Å²) in [6, 6.07) is 0. The number of carbonyl (C=O) groups excluding carboxylic acids is 2. The molecule has 1 aliphatic rings. The zero-order valence-corrected chi connectivity index (χ0v) is 13.6. The van der Waals surface area contributed by atoms with Crippen LogP contribution in [0.4, 0.5) is 0 Å². The third-order valence-electron chi connectivity index (χ3n) is 3.30. The minimum absolute atomic E-state index is 0.255. The first-order valence-electron chi connectivity index (χ1n) is 6.69. The zero-order valence-electron chi connectivity index (χ0n) is 13.6. The summed E-state index contributed by atoms with van der Waals surface area (Å²) in [5, 5.41) is 0. The maximum Gasteiger partial charge on any atom is 0.338 e. The Bertz CT molecular complexity index is 414. The Balaban J connectivity index is 2.83. The number of hydrogen-bond donors (Lipinski definition) is 0. The van der Waals surface area contributed by atoms with Crippen LogP contribution in [0.2, 0.25) is 0 Å². The zero-order chi connectivity index (χ0) is 16.5. The molecule has 122 valence electrons. The predicted molar refractivity (Wildman–Crippen MR) is 72.3 cm³/mol. The molecular formula is C14H24O7. The van der Waals surface area contributed by atoms with Gasteiger partial charge in [-0.25, -0.2) is 4.79 Å². The van der Waals surface area contributed by atoms with Crippen molar-refractivity contribution in [1.82, 2.24) is 0 Å². The van der Waals surface area contributed by atoms with Crippen molar-refractivity contribution in [2.45, 2.75) is 64.3 Å². The lowest BCUT2D eigenvalue weighted by Gasteiger charge is -2.47. The van der Waals surface area contributed by atoms with E-state index in [2.05, 4.69) is 0 Å². The second kappa shape index (κ2) is 5.90. The molecule has 7 nitrogen and oxygen atoms in total. The minimum Gasteiger partial charge on any atom is -0.460 e. The highest BCUT2D eigenvalue weighted by atomic mass is 16.8. The average Bonchev–Trinajstić information content (AvgIpc) is 2.33. The monoisotopic (exact) mass is 304 g/mol. The normalized spacial score (nSPS) is 33.5. The quantitative estimate of drug-likeness (QED) is 0.726. The summed E-state index contributed by atoms with van der Waals surface area (Å²) >= 11 is 0. The van der Waals surface area contributed by atoms with Gasteiger partial charge in [0.25, 0.3) is 5.79 Å². The number of carbonyl (C=O) groups is 2. The highest BCUT2D eigenvalue weighted by molar-refractivity contribution is 5.82. The standard InChI is InChI=1S/C14H24O7/c1-12(2,3)20-10(15)8-9-11(16)21-14(5,18-7)13(4,17-6)19-9/h9H,8H2,1-7H3/t9-,13+,14+/m1/s1. The molecule has 1 heterocycles. The summed E-state index contributed by atoms with van der Waals surface area (Å²) in [4.78, 5) is 23.8. The first-order valence-corrected chi connectivity index (χ1v) is 6.69. The van der Waals surface area contributed by atoms with Crippen LogP contribution in [0.25, 0.3) is 0 Å². The summed E-state index contributed by atoms with van der Waals surface area (Å²) in [5.74, 6) is -3.98. The lowest BCUT2D eigenvalue weighted by Crippen LogP contribution is -2.64. The molecule has 0 radical (unpaired) electrons. The van der Waals surface area contributed by atoms with E-state index in [-0.39, 0.29) is 6.42 Å². The third kappa shape index (κ3) is 3.93. The van der Waals surface area contributed by atoms with Gasteiger partial charge in [-0.15, -0.1) is 0 Å². The van der Waals surface area contributed by atoms with Gasteiger partial charge in [0.15, 0.2) is 6.10 Å². The predicted octanol–water partition coefficient (Wildman–Crippen LogP) is 1.39. The molecule has 0 bridgehead atoms. The topological polar surface area (TPSA) is 80.3 Å². The molecule has 0 N–H and O–H groups in total. The van der Waals surface area contributed by atoms with Crippen molar-refractivity contribution in [2.75, 3.05) is 14.2 Å². The van der Waals surface area contributed by atoms with Crippen molar-refractivity contribution in [3.63, 3.8) is 0 Å². The summed E-state index contributed by atoms with van der Waals surface area (Å²) < 4.78 is 26.5. The van der Waals surface area contributed by atoms with Gasteiger partial charge in [-0.05, 0) is 27.7 Å². The lowest BCUT2D eigenvalue weighted by atomic mass is 10.1. The molecule has 0 spiro atoms. The lowest BCUT2D eigenvalue weighted by molar-refractivity contribution is -0.405. The van der Waals surface area contributed by atoms with E-state index in [1.54, 1.807) is 27.7 Å². The Labute approximate surface area is 124 Å². The van der Waals surface area contributed by atoms with Gasteiger partial charge in [0.05, 0.1) is 6.42 Å². The SMILES string of the molecule is CO[C@@]1(C)OC(=O)[C@@H](CC(=O)OC(C)(C)C)O[C@]1(C)OC. The molecule has 0 aromatic heterocycles. The van der Waals surface area contributed by atoms with Crippen LogP contribution in [0.3, 0.4) is 0 Å². The molecule has 1 fully saturated rings. The highest BCUT2D eigenvalue weighted by Crippen LogP contribution is 2.37. The van der Waals surface area contributed by atoms with Crippen LogP contribution >= 0.6 is 0 Å². The minimum atomic E-state index is -1.40. The molecular weight excluding hydrogens is 280 g/mol. The van der Waals surface area contributed by atoms with E-state index in [1.165, 1.54) is 21.1 Å². The Hall–Kier alpha value is -1.18. The van der Waals surface area contributed by atoms with E-state index in [0.29, 0.717) is 0 Å². The van der Waals surface area contributed by atoms with E-state index in [9.17, 15) is 9.59 Å². The van der Waals surface area contributed by atoms with Crippen LogP contribution < -0.4 is 0 Å². The van der Waals surface area contributed by atoms with Crippen LogP contribution in [0.1, 0.15) is 41.0 Å². The van der Waals surface area contributed by atoms with Crippen molar-refractivity contribution >= 4 is 11.9 Å². The van der Waals surface area contributed by atoms with Crippen molar-refractivity contribution in [2.24, 2.45) is 0 Å². The number of cyclic esters (lactones) is 1. The maximum absolute atomic E-state index is 12.0. The molecule has 0 unspecified atom stereocenters. The summed E-state index contributed by atoms with van der Waals surface area (Å²) in [6.45, 7) is 8.33. The van der Waals surface area contributed by atoms with Crippen molar-refractivity contribution in [3.8, 4) is 0 Å². The fraction of sp³-hybridized carbons (Fsp3) is 0.857. The summed E-state index contributed by atoms with van der Waals surface area (Å²) in [7, 11) is 2.78. The number of methoxy groups -OCH3 is 2. The Kier molecular flexibility index (Phi) is 5.02. The second-order valence-electron chi connectivity index (χ2n) is 6.12. The average molecular weight is 304 g/mol. The van der Waals surface area contributed by atoms with Gasteiger partial charge in [-0.3, -0.25) is 4.79 Å². The molecule has 0 aliphatic carbocycles. The van der Waals surface area contributed by atoms with Crippen LogP contribution in [0, 0.1) is 0 Å². The van der Waals surface area contributed by atoms with Crippen molar-refractivity contribution < 1.29 is 33.3 Å². The number of rotatable bonds is 4. The first kappa shape index (κ1) is 17.9. The van der Waals surface area contributed by atoms with Gasteiger partial charge in [-0.2, -0.15) is 0 Å². The summed E-state index contributed by atoms with van der Waals surface area (Å²) in [5.41, 5.74) is -0.638. The fourth-order valence-corrected chi connectivity index (χ4v) is 1.90. The van der Waals surface area contributed by atoms with E-state index in [0.717, 1.165) is 0 Å². The van der Waals surface area contributed by atoms with Crippen LogP contribution in [0.15, 0.2) is 0 Å². The summed E-state index contributed by atoms with van der Waals surface area (Å²) in [6.07, 6.45) is -1.36. The third-order valence-corrected chi connectivity index (χ3v) is 3.30. The number of hydrogen-bond acceptors (Lipinski definition) is 7. The molecule has 7 heteroatoms. The van der Waals surface area contributed by atoms with Gasteiger partial charge in [-0.1, -0.05) is 0 Å². The first-order chi connectivity index (χ1) is 9.46. The molecule has 0 aromatic carbocycles. The molecule has 3 atom stereocenters. The second-order valence-corrected chi connectivity index (χ2v) is 6.12. The fourth-order valence-electron chi connectivity index (χ4n) is 1.90. The number of esters is 2. The number of ether oxygens (including phenoxy) is 5. The van der Waals surface area contributed by atoms with Crippen molar-refractivity contribution in [3.05, 3.63) is 0 Å². The van der Waals surface area contributed by atoms with Gasteiger partial charge in [0.1, 0.15) is 5.60 Å². The van der Waals surface area contributed by atoms with E-state index in [4.69, 9.17) is 23.7 Å². The smallest absolute Gasteiger partial charge is 0.338 e. The Morgan fingerprint density at radius 3 is 2.14 bits per heavy atom. The van der Waals surface area contributed by atoms with Crippen molar-refractivity contribution in [1.29, 1.82) is 0 Å². The molecule has 0 amide bonds. The molecule has 1 saturated heterocycles. The molecule has 0 saturated carbocycles. The van der Waals surface area contributed by atoms with Gasteiger partial charge in [0, 0.05) is 21.1 Å². The Morgan fingerprint density at radius 2 is 1.71 bits per heavy atom. The van der Waals surface area contributed by atoms with Gasteiger partial charge in [0.2, 0.25) is 5.79 Å².